The Labute approximate surface area is 110 Å². The molecule has 2 nitrogen and oxygen atoms in total. The highest BCUT2D eigenvalue weighted by Gasteiger charge is 2.24. The molecule has 1 saturated carbocycles. The first-order valence-corrected chi connectivity index (χ1v) is 7.25. The van der Waals surface area contributed by atoms with Gasteiger partial charge in [-0.25, -0.2) is 0 Å². The summed E-state index contributed by atoms with van der Waals surface area (Å²) >= 11 is 0. The molecule has 0 radical (unpaired) electrons. The van der Waals surface area contributed by atoms with Crippen molar-refractivity contribution in [1.29, 1.82) is 0 Å². The van der Waals surface area contributed by atoms with Crippen molar-refractivity contribution in [2.75, 3.05) is 20.2 Å². The maximum atomic E-state index is 5.49. The van der Waals surface area contributed by atoms with Gasteiger partial charge in [0.15, 0.2) is 0 Å². The Balaban J connectivity index is 1.69. The maximum Gasteiger partial charge on any atom is 0.122 e. The standard InChI is InChI=1S/C16H23NO/c1-18-16-7-3-5-14-13(4-2-6-15(14)16)11-17-10-12-8-9-12/h3,5,7,12-13,17H,2,4,6,8-11H2,1H3/t13-/m0/s1. The van der Waals surface area contributed by atoms with E-state index >= 15 is 0 Å². The van der Waals surface area contributed by atoms with Gasteiger partial charge in [0.2, 0.25) is 0 Å². The van der Waals surface area contributed by atoms with Crippen molar-refractivity contribution < 1.29 is 4.74 Å². The van der Waals surface area contributed by atoms with Crippen LogP contribution in [0.4, 0.5) is 0 Å². The van der Waals surface area contributed by atoms with Gasteiger partial charge in [-0.15, -0.1) is 0 Å². The smallest absolute Gasteiger partial charge is 0.122 e. The van der Waals surface area contributed by atoms with Crippen LogP contribution in [0.25, 0.3) is 0 Å². The van der Waals surface area contributed by atoms with E-state index in [0.29, 0.717) is 5.92 Å². The first-order chi connectivity index (χ1) is 8.88. The van der Waals surface area contributed by atoms with Gasteiger partial charge in [-0.05, 0) is 67.7 Å². The Morgan fingerprint density at radius 1 is 1.22 bits per heavy atom. The van der Waals surface area contributed by atoms with Gasteiger partial charge in [-0.1, -0.05) is 12.1 Å². The number of fused-ring (bicyclic) bond motifs is 1. The highest BCUT2D eigenvalue weighted by Crippen LogP contribution is 2.36. The number of hydrogen-bond acceptors (Lipinski definition) is 2. The first-order valence-electron chi connectivity index (χ1n) is 7.25. The van der Waals surface area contributed by atoms with E-state index in [0.717, 1.165) is 18.2 Å². The minimum atomic E-state index is 0.683. The maximum absolute atomic E-state index is 5.49. The highest BCUT2D eigenvalue weighted by atomic mass is 16.5. The number of benzene rings is 1. The van der Waals surface area contributed by atoms with Crippen molar-refractivity contribution in [2.24, 2.45) is 5.92 Å². The zero-order valence-corrected chi connectivity index (χ0v) is 11.2. The molecule has 1 aromatic rings. The number of nitrogens with one attached hydrogen (secondary N) is 1. The fraction of sp³-hybridized carbons (Fsp3) is 0.625. The zero-order chi connectivity index (χ0) is 12.4. The van der Waals surface area contributed by atoms with Crippen LogP contribution in [0.3, 0.4) is 0 Å². The van der Waals surface area contributed by atoms with Crippen LogP contribution in [0.5, 0.6) is 5.75 Å². The van der Waals surface area contributed by atoms with Crippen molar-refractivity contribution in [3.05, 3.63) is 29.3 Å². The summed E-state index contributed by atoms with van der Waals surface area (Å²) in [5, 5.41) is 3.65. The molecule has 1 fully saturated rings. The van der Waals surface area contributed by atoms with Crippen LogP contribution in [-0.2, 0) is 6.42 Å². The number of hydrogen-bond donors (Lipinski definition) is 1. The monoisotopic (exact) mass is 245 g/mol. The third-order valence-electron chi connectivity index (χ3n) is 4.33. The van der Waals surface area contributed by atoms with Gasteiger partial charge in [-0.2, -0.15) is 0 Å². The molecule has 3 rings (SSSR count). The Morgan fingerprint density at radius 2 is 2.11 bits per heavy atom. The second kappa shape index (κ2) is 5.31. The summed E-state index contributed by atoms with van der Waals surface area (Å²) in [5.74, 6) is 2.74. The lowest BCUT2D eigenvalue weighted by Crippen LogP contribution is -2.26. The summed E-state index contributed by atoms with van der Waals surface area (Å²) in [6.45, 7) is 2.35. The van der Waals surface area contributed by atoms with Gasteiger partial charge in [-0.3, -0.25) is 0 Å². The van der Waals surface area contributed by atoms with Crippen molar-refractivity contribution in [1.82, 2.24) is 5.32 Å². The fourth-order valence-electron chi connectivity index (χ4n) is 3.10. The molecular weight excluding hydrogens is 222 g/mol. The van der Waals surface area contributed by atoms with E-state index in [4.69, 9.17) is 4.74 Å². The quantitative estimate of drug-likeness (QED) is 0.860. The normalized spacial score (nSPS) is 22.6. The number of ether oxygens (including phenoxy) is 1. The Bertz CT molecular complexity index is 412. The molecule has 2 heteroatoms. The predicted octanol–water partition coefficient (Wildman–Crippen LogP) is 3.11. The largest absolute Gasteiger partial charge is 0.496 e. The van der Waals surface area contributed by atoms with Crippen molar-refractivity contribution in [2.45, 2.75) is 38.0 Å². The molecule has 0 aliphatic heterocycles. The van der Waals surface area contributed by atoms with E-state index in [1.54, 1.807) is 7.11 Å². The number of rotatable bonds is 5. The third-order valence-corrected chi connectivity index (χ3v) is 4.33. The molecule has 1 N–H and O–H groups in total. The minimum absolute atomic E-state index is 0.683. The summed E-state index contributed by atoms with van der Waals surface area (Å²) in [6, 6.07) is 6.52. The van der Waals surface area contributed by atoms with Crippen molar-refractivity contribution >= 4 is 0 Å². The van der Waals surface area contributed by atoms with E-state index in [-0.39, 0.29) is 0 Å². The van der Waals surface area contributed by atoms with Crippen LogP contribution in [0.2, 0.25) is 0 Å². The molecular formula is C16H23NO. The molecule has 18 heavy (non-hydrogen) atoms. The first kappa shape index (κ1) is 12.0. The molecule has 0 aromatic heterocycles. The molecule has 2 aliphatic rings. The molecule has 0 spiro atoms. The van der Waals surface area contributed by atoms with Gasteiger partial charge in [0.25, 0.3) is 0 Å². The third kappa shape index (κ3) is 2.54. The van der Waals surface area contributed by atoms with Gasteiger partial charge in [0.1, 0.15) is 5.75 Å². The summed E-state index contributed by atoms with van der Waals surface area (Å²) in [6.07, 6.45) is 6.66. The van der Waals surface area contributed by atoms with Gasteiger partial charge in [0.05, 0.1) is 7.11 Å². The van der Waals surface area contributed by atoms with Gasteiger partial charge >= 0.3 is 0 Å². The van der Waals surface area contributed by atoms with E-state index in [2.05, 4.69) is 23.5 Å². The molecule has 0 amide bonds. The van der Waals surface area contributed by atoms with Gasteiger partial charge in [0, 0.05) is 6.54 Å². The van der Waals surface area contributed by atoms with E-state index in [9.17, 15) is 0 Å². The zero-order valence-electron chi connectivity index (χ0n) is 11.2. The molecule has 98 valence electrons. The van der Waals surface area contributed by atoms with Crippen molar-refractivity contribution in [3.63, 3.8) is 0 Å². The van der Waals surface area contributed by atoms with Crippen molar-refractivity contribution in [3.8, 4) is 5.75 Å². The Kier molecular flexibility index (Phi) is 3.55. The lowest BCUT2D eigenvalue weighted by atomic mass is 9.82. The molecule has 0 heterocycles. The summed E-state index contributed by atoms with van der Waals surface area (Å²) in [4.78, 5) is 0. The van der Waals surface area contributed by atoms with Crippen LogP contribution in [0.15, 0.2) is 18.2 Å². The molecule has 0 bridgehead atoms. The van der Waals surface area contributed by atoms with Crippen LogP contribution in [0, 0.1) is 5.92 Å². The average Bonchev–Trinajstić information content (AvgIpc) is 3.22. The lowest BCUT2D eigenvalue weighted by Gasteiger charge is -2.27. The molecule has 1 aromatic carbocycles. The van der Waals surface area contributed by atoms with E-state index in [1.807, 2.05) is 0 Å². The topological polar surface area (TPSA) is 21.3 Å². The van der Waals surface area contributed by atoms with Crippen LogP contribution < -0.4 is 10.1 Å². The SMILES string of the molecule is COc1cccc2c1CCC[C@H]2CNCC1CC1. The van der Waals surface area contributed by atoms with E-state index < -0.39 is 0 Å². The Morgan fingerprint density at radius 3 is 2.89 bits per heavy atom. The molecule has 0 saturated heterocycles. The second-order valence-electron chi connectivity index (χ2n) is 5.72. The fourth-order valence-corrected chi connectivity index (χ4v) is 3.10. The molecule has 2 aliphatic carbocycles. The molecule has 0 unspecified atom stereocenters. The van der Waals surface area contributed by atoms with Crippen LogP contribution in [-0.4, -0.2) is 20.2 Å². The summed E-state index contributed by atoms with van der Waals surface area (Å²) in [5.41, 5.74) is 2.97. The van der Waals surface area contributed by atoms with E-state index in [1.165, 1.54) is 49.8 Å². The van der Waals surface area contributed by atoms with Crippen LogP contribution in [0.1, 0.15) is 42.7 Å². The van der Waals surface area contributed by atoms with Gasteiger partial charge < -0.3 is 10.1 Å². The molecule has 1 atom stereocenters. The predicted molar refractivity (Wildman–Crippen MR) is 74.3 cm³/mol. The number of methoxy groups -OCH3 is 1. The second-order valence-corrected chi connectivity index (χ2v) is 5.72. The Hall–Kier alpha value is -1.02. The summed E-state index contributed by atoms with van der Waals surface area (Å²) < 4.78 is 5.49. The highest BCUT2D eigenvalue weighted by molar-refractivity contribution is 5.43. The average molecular weight is 245 g/mol. The summed E-state index contributed by atoms with van der Waals surface area (Å²) in [7, 11) is 1.78. The van der Waals surface area contributed by atoms with Crippen LogP contribution >= 0.6 is 0 Å². The lowest BCUT2D eigenvalue weighted by molar-refractivity contribution is 0.401. The minimum Gasteiger partial charge on any atom is -0.496 e.